The van der Waals surface area contributed by atoms with Gasteiger partial charge in [0, 0.05) is 13.1 Å². The molecule has 4 atom stereocenters. The summed E-state index contributed by atoms with van der Waals surface area (Å²) < 4.78 is 29.4. The Morgan fingerprint density at radius 3 is 2.93 bits per heavy atom. The summed E-state index contributed by atoms with van der Waals surface area (Å²) in [5.74, 6) is -0.139. The number of fused-ring (bicyclic) bond motifs is 1. The Bertz CT molecular complexity index is 834. The van der Waals surface area contributed by atoms with E-state index in [4.69, 9.17) is 28.8 Å². The minimum absolute atomic E-state index is 0.123. The maximum absolute atomic E-state index is 10.9. The number of esters is 1. The predicted octanol–water partition coefficient (Wildman–Crippen LogP) is 1.25. The van der Waals surface area contributed by atoms with Gasteiger partial charge in [0.15, 0.2) is 6.23 Å². The summed E-state index contributed by atoms with van der Waals surface area (Å²) >= 11 is 0. The Labute approximate surface area is 162 Å². The fraction of sp³-hybridized carbons (Fsp3) is 0.562. The molecule has 0 amide bonds. The number of nitrogens with zero attached hydrogens (tertiary/aromatic N) is 3. The van der Waals surface area contributed by atoms with Gasteiger partial charge < -0.3 is 24.9 Å². The Kier molecular flexibility index (Phi) is 6.43. The van der Waals surface area contributed by atoms with Gasteiger partial charge in [-0.25, -0.2) is 9.97 Å². The maximum Gasteiger partial charge on any atom is 0.411 e. The number of hydrogen-bond acceptors (Lipinski definition) is 10. The molecule has 0 bridgehead atoms. The lowest BCUT2D eigenvalue weighted by atomic mass is 10.3. The number of aliphatic hydroxyl groups is 1. The van der Waals surface area contributed by atoms with Crippen molar-refractivity contribution in [2.75, 3.05) is 32.4 Å². The van der Waals surface area contributed by atoms with Crippen molar-refractivity contribution in [3.05, 3.63) is 18.6 Å². The summed E-state index contributed by atoms with van der Waals surface area (Å²) in [5.41, 5.74) is 6.42. The molecule has 0 spiro atoms. The van der Waals surface area contributed by atoms with Crippen LogP contribution in [0.4, 0.5) is 5.82 Å². The van der Waals surface area contributed by atoms with Crippen LogP contribution in [-0.2, 0) is 27.8 Å². The monoisotopic (exact) mass is 415 g/mol. The molecule has 3 heterocycles. The van der Waals surface area contributed by atoms with Crippen molar-refractivity contribution in [3.8, 4) is 0 Å². The SMILES string of the molecule is CC(=O)OCO[P+]1(C)OC[C@H](C)O[C@@H](n2ccc3c(N)ncnc32)[C@@H](O)CO1. The third-order valence-electron chi connectivity index (χ3n) is 4.09. The highest BCUT2D eigenvalue weighted by Crippen LogP contribution is 2.59. The van der Waals surface area contributed by atoms with Crippen LogP contribution in [-0.4, -0.2) is 64.5 Å². The van der Waals surface area contributed by atoms with Gasteiger partial charge in [-0.05, 0) is 13.0 Å². The lowest BCUT2D eigenvalue weighted by Crippen LogP contribution is -2.32. The van der Waals surface area contributed by atoms with Gasteiger partial charge in [0.2, 0.25) is 6.79 Å². The van der Waals surface area contributed by atoms with Crippen LogP contribution in [0.3, 0.4) is 0 Å². The van der Waals surface area contributed by atoms with E-state index in [0.717, 1.165) is 0 Å². The second kappa shape index (κ2) is 8.64. The molecule has 12 heteroatoms. The highest BCUT2D eigenvalue weighted by molar-refractivity contribution is 7.60. The first-order valence-electron chi connectivity index (χ1n) is 8.63. The van der Waals surface area contributed by atoms with E-state index >= 15 is 0 Å². The molecule has 3 N–H and O–H groups in total. The van der Waals surface area contributed by atoms with E-state index in [2.05, 4.69) is 9.97 Å². The number of carbonyl (C=O) groups excluding carboxylic acids is 1. The molecule has 1 fully saturated rings. The normalized spacial score (nSPS) is 29.1. The Morgan fingerprint density at radius 2 is 2.18 bits per heavy atom. The van der Waals surface area contributed by atoms with E-state index in [9.17, 15) is 9.90 Å². The molecule has 1 aliphatic heterocycles. The fourth-order valence-electron chi connectivity index (χ4n) is 2.67. The lowest BCUT2D eigenvalue weighted by molar-refractivity contribution is -0.148. The first-order chi connectivity index (χ1) is 13.3. The van der Waals surface area contributed by atoms with Crippen LogP contribution in [0.5, 0.6) is 0 Å². The summed E-state index contributed by atoms with van der Waals surface area (Å²) in [6, 6.07) is 1.76. The molecule has 2 aromatic rings. The van der Waals surface area contributed by atoms with Crippen molar-refractivity contribution in [3.63, 3.8) is 0 Å². The number of carbonyl (C=O) groups is 1. The van der Waals surface area contributed by atoms with Gasteiger partial charge in [0.05, 0.1) is 11.5 Å². The number of aliphatic hydroxyl groups excluding tert-OH is 1. The predicted molar refractivity (Wildman–Crippen MR) is 100.0 cm³/mol. The van der Waals surface area contributed by atoms with E-state index in [1.807, 2.05) is 0 Å². The zero-order valence-corrected chi connectivity index (χ0v) is 16.7. The largest absolute Gasteiger partial charge is 0.434 e. The van der Waals surface area contributed by atoms with Gasteiger partial charge in [-0.3, -0.25) is 4.79 Å². The highest BCUT2D eigenvalue weighted by atomic mass is 31.2. The van der Waals surface area contributed by atoms with Crippen LogP contribution in [0.15, 0.2) is 18.6 Å². The topological polar surface area (TPSA) is 140 Å². The van der Waals surface area contributed by atoms with Crippen LogP contribution < -0.4 is 5.73 Å². The van der Waals surface area contributed by atoms with Crippen molar-refractivity contribution >= 4 is 30.8 Å². The Hall–Kier alpha value is -1.88. The summed E-state index contributed by atoms with van der Waals surface area (Å²) in [6.07, 6.45) is 0.845. The van der Waals surface area contributed by atoms with Gasteiger partial charge >= 0.3 is 13.9 Å². The zero-order valence-electron chi connectivity index (χ0n) is 15.8. The number of nitrogen functional groups attached to an aromatic ring is 1. The minimum Gasteiger partial charge on any atom is -0.434 e. The number of hydrogen-bond donors (Lipinski definition) is 2. The molecule has 0 aromatic carbocycles. The van der Waals surface area contributed by atoms with E-state index in [1.165, 1.54) is 13.3 Å². The van der Waals surface area contributed by atoms with Crippen LogP contribution >= 0.6 is 7.94 Å². The number of nitrogens with two attached hydrogens (primary N) is 1. The molecule has 0 saturated carbocycles. The zero-order chi connectivity index (χ0) is 20.3. The summed E-state index contributed by atoms with van der Waals surface area (Å²) in [7, 11) is -2.82. The number of rotatable bonds is 4. The molecule has 2 aromatic heterocycles. The van der Waals surface area contributed by atoms with E-state index in [-0.39, 0.29) is 20.0 Å². The second-order valence-electron chi connectivity index (χ2n) is 6.37. The van der Waals surface area contributed by atoms with Crippen LogP contribution in [0, 0.1) is 0 Å². The Balaban J connectivity index is 1.80. The van der Waals surface area contributed by atoms with E-state index in [1.54, 1.807) is 30.4 Å². The summed E-state index contributed by atoms with van der Waals surface area (Å²) in [5, 5.41) is 11.4. The maximum atomic E-state index is 10.9. The molecule has 1 unspecified atom stereocenters. The third kappa shape index (κ3) is 4.75. The van der Waals surface area contributed by atoms with Crippen molar-refractivity contribution < 1.29 is 32.9 Å². The average Bonchev–Trinajstić information content (AvgIpc) is 3.08. The van der Waals surface area contributed by atoms with E-state index < -0.39 is 32.3 Å². The molecule has 1 aliphatic rings. The van der Waals surface area contributed by atoms with Crippen molar-refractivity contribution in [1.29, 1.82) is 0 Å². The first kappa shape index (κ1) is 20.8. The van der Waals surface area contributed by atoms with Crippen LogP contribution in [0.2, 0.25) is 0 Å². The van der Waals surface area contributed by atoms with Gasteiger partial charge in [-0.2, -0.15) is 9.05 Å². The van der Waals surface area contributed by atoms with Crippen molar-refractivity contribution in [2.24, 2.45) is 0 Å². The van der Waals surface area contributed by atoms with Crippen molar-refractivity contribution in [2.45, 2.75) is 32.3 Å². The Morgan fingerprint density at radius 1 is 1.43 bits per heavy atom. The number of ether oxygens (including phenoxy) is 2. The molecule has 3 rings (SSSR count). The fourth-order valence-corrected chi connectivity index (χ4v) is 4.04. The molecular weight excluding hydrogens is 391 g/mol. The average molecular weight is 415 g/mol. The van der Waals surface area contributed by atoms with Gasteiger partial charge in [0.25, 0.3) is 0 Å². The molecule has 154 valence electrons. The van der Waals surface area contributed by atoms with Crippen LogP contribution in [0.1, 0.15) is 20.1 Å². The third-order valence-corrected chi connectivity index (χ3v) is 5.90. The molecular formula is C16H24N4O7P+. The minimum atomic E-state index is -2.82. The summed E-state index contributed by atoms with van der Waals surface area (Å²) in [6.45, 7) is 4.45. The van der Waals surface area contributed by atoms with Gasteiger partial charge in [-0.15, -0.1) is 4.52 Å². The second-order valence-corrected chi connectivity index (χ2v) is 8.69. The van der Waals surface area contributed by atoms with Crippen molar-refractivity contribution in [1.82, 2.24) is 14.5 Å². The number of aromatic nitrogens is 3. The standard InChI is InChI=1S/C16H24N4O7P/c1-10-6-24-28(3,26-9-23-11(2)21)25-7-13(22)16(27-10)20-5-4-12-14(17)18-8-19-15(12)20/h4-5,8,10,13,16,22H,6-7,9H2,1-3H3,(H2,17,18,19)/q+1/t10-,13-,16+,28?/m0/s1. The molecule has 0 radical (unpaired) electrons. The molecule has 28 heavy (non-hydrogen) atoms. The lowest BCUT2D eigenvalue weighted by Gasteiger charge is -2.25. The molecule has 1 saturated heterocycles. The van der Waals surface area contributed by atoms with Crippen LogP contribution in [0.25, 0.3) is 11.0 Å². The number of anilines is 1. The smallest absolute Gasteiger partial charge is 0.411 e. The summed E-state index contributed by atoms with van der Waals surface area (Å²) in [4.78, 5) is 19.1. The van der Waals surface area contributed by atoms with Gasteiger partial charge in [-0.1, -0.05) is 0 Å². The quantitative estimate of drug-likeness (QED) is 0.426. The van der Waals surface area contributed by atoms with E-state index in [0.29, 0.717) is 16.9 Å². The molecule has 11 nitrogen and oxygen atoms in total. The molecule has 0 aliphatic carbocycles. The highest BCUT2D eigenvalue weighted by Gasteiger charge is 2.44. The van der Waals surface area contributed by atoms with Gasteiger partial charge in [0.1, 0.15) is 43.8 Å². The first-order valence-corrected chi connectivity index (χ1v) is 10.6.